The van der Waals surface area contributed by atoms with Gasteiger partial charge in [0.25, 0.3) is 0 Å². The van der Waals surface area contributed by atoms with Gasteiger partial charge in [-0.3, -0.25) is 4.98 Å². The summed E-state index contributed by atoms with van der Waals surface area (Å²) in [5.41, 5.74) is 1.89. The number of hydrogen-bond acceptors (Lipinski definition) is 3. The fourth-order valence-corrected chi connectivity index (χ4v) is 2.35. The van der Waals surface area contributed by atoms with Crippen molar-refractivity contribution in [2.45, 2.75) is 0 Å². The van der Waals surface area contributed by atoms with Crippen molar-refractivity contribution in [2.75, 3.05) is 0 Å². The van der Waals surface area contributed by atoms with Crippen LogP contribution in [0.15, 0.2) is 67.1 Å². The molecule has 2 aromatic heterocycles. The fourth-order valence-electron chi connectivity index (χ4n) is 2.35. The van der Waals surface area contributed by atoms with E-state index in [-0.39, 0.29) is 0 Å². The maximum atomic E-state index is 4.64. The van der Waals surface area contributed by atoms with Crippen molar-refractivity contribution in [1.82, 2.24) is 15.0 Å². The molecule has 4 aromatic rings. The van der Waals surface area contributed by atoms with Crippen molar-refractivity contribution in [3.05, 3.63) is 67.1 Å². The van der Waals surface area contributed by atoms with Crippen LogP contribution in [0, 0.1) is 0 Å². The summed E-state index contributed by atoms with van der Waals surface area (Å²) in [6.07, 6.45) is 5.40. The maximum absolute atomic E-state index is 4.64. The van der Waals surface area contributed by atoms with Gasteiger partial charge in [-0.25, -0.2) is 9.97 Å². The SMILES string of the molecule is c1cncc(-c2ncc3cc4ccccc4cc3n2)c1. The van der Waals surface area contributed by atoms with Gasteiger partial charge in [0.2, 0.25) is 0 Å². The molecule has 0 atom stereocenters. The first-order chi connectivity index (χ1) is 9.90. The molecule has 0 saturated carbocycles. The Kier molecular flexibility index (Phi) is 2.42. The molecule has 0 aliphatic carbocycles. The van der Waals surface area contributed by atoms with Crippen LogP contribution in [0.25, 0.3) is 33.1 Å². The largest absolute Gasteiger partial charge is 0.264 e. The zero-order chi connectivity index (χ0) is 13.4. The fraction of sp³-hybridized carbons (Fsp3) is 0. The number of rotatable bonds is 1. The summed E-state index contributed by atoms with van der Waals surface area (Å²) in [7, 11) is 0. The Hall–Kier alpha value is -2.81. The van der Waals surface area contributed by atoms with Crippen LogP contribution < -0.4 is 0 Å². The van der Waals surface area contributed by atoms with Crippen molar-refractivity contribution >= 4 is 21.7 Å². The molecule has 0 unspecified atom stereocenters. The Balaban J connectivity index is 1.97. The van der Waals surface area contributed by atoms with Gasteiger partial charge in [0.1, 0.15) is 0 Å². The quantitative estimate of drug-likeness (QED) is 0.486. The minimum absolute atomic E-state index is 0.709. The van der Waals surface area contributed by atoms with E-state index in [4.69, 9.17) is 0 Å². The summed E-state index contributed by atoms with van der Waals surface area (Å²) in [6, 6.07) is 16.4. The summed E-state index contributed by atoms with van der Waals surface area (Å²) in [5.74, 6) is 0.709. The third-order valence-corrected chi connectivity index (χ3v) is 3.37. The van der Waals surface area contributed by atoms with Gasteiger partial charge in [-0.2, -0.15) is 0 Å². The van der Waals surface area contributed by atoms with Crippen LogP contribution >= 0.6 is 0 Å². The molecular formula is C17H11N3. The molecule has 3 heteroatoms. The number of nitrogens with zero attached hydrogens (tertiary/aromatic N) is 3. The molecular weight excluding hydrogens is 246 g/mol. The van der Waals surface area contributed by atoms with E-state index in [9.17, 15) is 0 Å². The van der Waals surface area contributed by atoms with Crippen LogP contribution in [0.3, 0.4) is 0 Å². The van der Waals surface area contributed by atoms with Crippen molar-refractivity contribution in [1.29, 1.82) is 0 Å². The average molecular weight is 257 g/mol. The zero-order valence-electron chi connectivity index (χ0n) is 10.7. The van der Waals surface area contributed by atoms with Crippen molar-refractivity contribution < 1.29 is 0 Å². The highest BCUT2D eigenvalue weighted by Crippen LogP contribution is 2.23. The molecule has 0 saturated heterocycles. The van der Waals surface area contributed by atoms with Gasteiger partial charge >= 0.3 is 0 Å². The van der Waals surface area contributed by atoms with E-state index in [1.807, 2.05) is 30.5 Å². The molecule has 0 amide bonds. The molecule has 0 fully saturated rings. The van der Waals surface area contributed by atoms with Gasteiger partial charge in [-0.15, -0.1) is 0 Å². The van der Waals surface area contributed by atoms with E-state index in [0.29, 0.717) is 5.82 Å². The Morgan fingerprint density at radius 2 is 1.60 bits per heavy atom. The van der Waals surface area contributed by atoms with Crippen molar-refractivity contribution in [3.8, 4) is 11.4 Å². The number of hydrogen-bond donors (Lipinski definition) is 0. The lowest BCUT2D eigenvalue weighted by atomic mass is 10.1. The predicted molar refractivity (Wildman–Crippen MR) is 80.3 cm³/mol. The number of aromatic nitrogens is 3. The Bertz CT molecular complexity index is 901. The van der Waals surface area contributed by atoms with Crippen LogP contribution in [0.1, 0.15) is 0 Å². The van der Waals surface area contributed by atoms with Gasteiger partial charge in [0.05, 0.1) is 5.52 Å². The van der Waals surface area contributed by atoms with Crippen LogP contribution in [0.2, 0.25) is 0 Å². The van der Waals surface area contributed by atoms with Crippen LogP contribution in [0.5, 0.6) is 0 Å². The normalized spacial score (nSPS) is 11.0. The third-order valence-electron chi connectivity index (χ3n) is 3.37. The van der Waals surface area contributed by atoms with E-state index < -0.39 is 0 Å². The van der Waals surface area contributed by atoms with Gasteiger partial charge in [0.15, 0.2) is 5.82 Å². The number of pyridine rings is 1. The minimum Gasteiger partial charge on any atom is -0.264 e. The Morgan fingerprint density at radius 3 is 2.40 bits per heavy atom. The molecule has 0 aliphatic rings. The van der Waals surface area contributed by atoms with Crippen molar-refractivity contribution in [3.63, 3.8) is 0 Å². The Labute approximate surface area is 116 Å². The molecule has 94 valence electrons. The number of benzene rings is 2. The van der Waals surface area contributed by atoms with E-state index in [2.05, 4.69) is 39.2 Å². The molecule has 2 heterocycles. The average Bonchev–Trinajstić information content (AvgIpc) is 2.53. The minimum atomic E-state index is 0.709. The highest BCUT2D eigenvalue weighted by molar-refractivity contribution is 5.96. The highest BCUT2D eigenvalue weighted by atomic mass is 14.9. The first-order valence-corrected chi connectivity index (χ1v) is 6.46. The van der Waals surface area contributed by atoms with E-state index in [0.717, 1.165) is 16.5 Å². The first-order valence-electron chi connectivity index (χ1n) is 6.46. The molecule has 0 radical (unpaired) electrons. The highest BCUT2D eigenvalue weighted by Gasteiger charge is 2.04. The van der Waals surface area contributed by atoms with Gasteiger partial charge in [-0.1, -0.05) is 24.3 Å². The lowest BCUT2D eigenvalue weighted by Crippen LogP contribution is -1.90. The summed E-state index contributed by atoms with van der Waals surface area (Å²) >= 11 is 0. The molecule has 4 rings (SSSR count). The van der Waals surface area contributed by atoms with Crippen LogP contribution in [-0.4, -0.2) is 15.0 Å². The van der Waals surface area contributed by atoms with Gasteiger partial charge in [-0.05, 0) is 35.0 Å². The lowest BCUT2D eigenvalue weighted by Gasteiger charge is -2.04. The van der Waals surface area contributed by atoms with E-state index >= 15 is 0 Å². The third kappa shape index (κ3) is 1.80. The predicted octanol–water partition coefficient (Wildman–Crippen LogP) is 3.85. The molecule has 3 nitrogen and oxygen atoms in total. The standard InChI is InChI=1S/C17H11N3/c1-2-5-13-9-16-15(8-12(13)4-1)11-19-17(20-16)14-6-3-7-18-10-14/h1-11H. The second-order valence-corrected chi connectivity index (χ2v) is 4.69. The summed E-state index contributed by atoms with van der Waals surface area (Å²) in [5, 5.41) is 3.45. The molecule has 0 N–H and O–H groups in total. The van der Waals surface area contributed by atoms with Gasteiger partial charge in [0, 0.05) is 29.5 Å². The maximum Gasteiger partial charge on any atom is 0.161 e. The zero-order valence-corrected chi connectivity index (χ0v) is 10.7. The first kappa shape index (κ1) is 11.1. The molecule has 0 spiro atoms. The van der Waals surface area contributed by atoms with Crippen LogP contribution in [-0.2, 0) is 0 Å². The second-order valence-electron chi connectivity index (χ2n) is 4.69. The smallest absolute Gasteiger partial charge is 0.161 e. The monoisotopic (exact) mass is 257 g/mol. The summed E-state index contributed by atoms with van der Waals surface area (Å²) in [4.78, 5) is 13.2. The molecule has 2 aromatic carbocycles. The lowest BCUT2D eigenvalue weighted by molar-refractivity contribution is 1.21. The molecule has 20 heavy (non-hydrogen) atoms. The second kappa shape index (κ2) is 4.38. The number of fused-ring (bicyclic) bond motifs is 2. The summed E-state index contributed by atoms with van der Waals surface area (Å²) < 4.78 is 0. The topological polar surface area (TPSA) is 38.7 Å². The van der Waals surface area contributed by atoms with Crippen molar-refractivity contribution in [2.24, 2.45) is 0 Å². The van der Waals surface area contributed by atoms with E-state index in [1.54, 1.807) is 12.4 Å². The summed E-state index contributed by atoms with van der Waals surface area (Å²) in [6.45, 7) is 0. The molecule has 0 bridgehead atoms. The van der Waals surface area contributed by atoms with E-state index in [1.165, 1.54) is 10.8 Å². The Morgan fingerprint density at radius 1 is 0.750 bits per heavy atom. The van der Waals surface area contributed by atoms with Crippen LogP contribution in [0.4, 0.5) is 0 Å². The van der Waals surface area contributed by atoms with Gasteiger partial charge < -0.3 is 0 Å². The molecule has 0 aliphatic heterocycles.